The van der Waals surface area contributed by atoms with Crippen molar-refractivity contribution in [2.24, 2.45) is 17.8 Å². The van der Waals surface area contributed by atoms with E-state index in [-0.39, 0.29) is 35.6 Å². The first-order chi connectivity index (χ1) is 17.3. The predicted molar refractivity (Wildman–Crippen MR) is 143 cm³/mol. The van der Waals surface area contributed by atoms with Crippen molar-refractivity contribution in [1.82, 2.24) is 9.80 Å². The molecule has 3 saturated heterocycles. The smallest absolute Gasteiger partial charge is 0.310 e. The molecule has 3 heterocycles. The lowest BCUT2D eigenvalue weighted by Gasteiger charge is -2.42. The summed E-state index contributed by atoms with van der Waals surface area (Å²) in [6.45, 7) is 14.8. The Morgan fingerprint density at radius 1 is 1.28 bits per heavy atom. The van der Waals surface area contributed by atoms with Crippen LogP contribution in [0.25, 0.3) is 0 Å². The van der Waals surface area contributed by atoms with Crippen molar-refractivity contribution in [2.75, 3.05) is 26.3 Å². The molecule has 0 radical (unpaired) electrons. The number of esters is 1. The lowest BCUT2D eigenvalue weighted by Crippen LogP contribution is -2.59. The molecule has 0 aromatic carbocycles. The predicted octanol–water partition coefficient (Wildman–Crippen LogP) is 3.81. The zero-order valence-electron chi connectivity index (χ0n) is 22.2. The fourth-order valence-corrected chi connectivity index (χ4v) is 8.83. The fraction of sp³-hybridized carbons (Fsp3) is 0.750. The zero-order valence-corrected chi connectivity index (χ0v) is 23.0. The molecule has 0 aliphatic carbocycles. The standard InChI is InChI=1S/C28H44N2O5S/c1-6-10-12-13-16-35-27(34)22-21-17-19(5)28(36-21)23(22)25(32)30(20(9-4)18-31)24(28)26(33)29(14-8-3)15-11-7-2/h6,8,19-24,31H,1,3,7,9-18H2,2,4-5H3/t19?,20-,21-,22+,23-,24?,28?/m0/s1. The highest BCUT2D eigenvalue weighted by Crippen LogP contribution is 2.69. The van der Waals surface area contributed by atoms with Gasteiger partial charge in [-0.05, 0) is 44.4 Å². The summed E-state index contributed by atoms with van der Waals surface area (Å²) in [6, 6.07) is -1.18. The number of rotatable bonds is 15. The monoisotopic (exact) mass is 520 g/mol. The number of hydrogen-bond donors (Lipinski definition) is 1. The Morgan fingerprint density at radius 2 is 2.03 bits per heavy atom. The van der Waals surface area contributed by atoms with Gasteiger partial charge in [0.05, 0.1) is 35.8 Å². The molecule has 0 aromatic heterocycles. The van der Waals surface area contributed by atoms with Crippen LogP contribution in [0.3, 0.4) is 0 Å². The number of ether oxygens (including phenoxy) is 1. The van der Waals surface area contributed by atoms with Crippen LogP contribution < -0.4 is 0 Å². The number of fused-ring (bicyclic) bond motifs is 1. The minimum Gasteiger partial charge on any atom is -0.465 e. The number of likely N-dealkylation sites (tertiary alicyclic amines) is 1. The average Bonchev–Trinajstić information content (AvgIpc) is 3.46. The van der Waals surface area contributed by atoms with E-state index in [4.69, 9.17) is 4.74 Å². The lowest BCUT2D eigenvalue weighted by atomic mass is 9.66. The van der Waals surface area contributed by atoms with Gasteiger partial charge in [0.2, 0.25) is 11.8 Å². The van der Waals surface area contributed by atoms with Gasteiger partial charge >= 0.3 is 5.97 Å². The van der Waals surface area contributed by atoms with Crippen molar-refractivity contribution in [1.29, 1.82) is 0 Å². The Morgan fingerprint density at radius 3 is 2.64 bits per heavy atom. The van der Waals surface area contributed by atoms with E-state index in [0.717, 1.165) is 38.5 Å². The van der Waals surface area contributed by atoms with Gasteiger partial charge in [-0.2, -0.15) is 0 Å². The second-order valence-electron chi connectivity index (χ2n) is 10.4. The third-order valence-corrected chi connectivity index (χ3v) is 10.3. The Balaban J connectivity index is 1.97. The summed E-state index contributed by atoms with van der Waals surface area (Å²) in [5.41, 5.74) is 0. The molecule has 3 rings (SSSR count). The molecule has 7 nitrogen and oxygen atoms in total. The number of aliphatic hydroxyl groups excluding tert-OH is 1. The largest absolute Gasteiger partial charge is 0.465 e. The van der Waals surface area contributed by atoms with E-state index in [9.17, 15) is 19.5 Å². The van der Waals surface area contributed by atoms with Crippen molar-refractivity contribution >= 4 is 29.5 Å². The molecule has 1 spiro atoms. The van der Waals surface area contributed by atoms with Crippen LogP contribution in [0.4, 0.5) is 0 Å². The molecular weight excluding hydrogens is 476 g/mol. The average molecular weight is 521 g/mol. The Labute approximate surface area is 220 Å². The molecule has 1 N–H and O–H groups in total. The van der Waals surface area contributed by atoms with Crippen molar-refractivity contribution in [3.05, 3.63) is 25.3 Å². The third-order valence-electron chi connectivity index (χ3n) is 8.25. The molecule has 8 heteroatoms. The second-order valence-corrected chi connectivity index (χ2v) is 12.0. The van der Waals surface area contributed by atoms with Gasteiger partial charge in [-0.15, -0.1) is 24.9 Å². The Kier molecular flexibility index (Phi) is 10.1. The third kappa shape index (κ3) is 5.00. The van der Waals surface area contributed by atoms with Gasteiger partial charge in [0.25, 0.3) is 0 Å². The molecule has 3 unspecified atom stereocenters. The molecule has 0 aromatic rings. The van der Waals surface area contributed by atoms with Gasteiger partial charge in [-0.3, -0.25) is 14.4 Å². The quantitative estimate of drug-likeness (QED) is 0.201. The van der Waals surface area contributed by atoms with Crippen LogP contribution in [0.5, 0.6) is 0 Å². The van der Waals surface area contributed by atoms with Gasteiger partial charge in [0, 0.05) is 18.3 Å². The number of amides is 2. The summed E-state index contributed by atoms with van der Waals surface area (Å²) in [7, 11) is 0. The summed E-state index contributed by atoms with van der Waals surface area (Å²) < 4.78 is 4.99. The SMILES string of the molecule is C=CCCCCOC(=O)[C@@H]1[C@@H]2CC(C)C3(S2)C(C(=O)N(CC=C)CCCC)N([C@@H](CC)CO)C(=O)[C@H]13. The van der Waals surface area contributed by atoms with E-state index in [1.807, 2.05) is 13.0 Å². The van der Waals surface area contributed by atoms with Gasteiger partial charge in [0.15, 0.2) is 0 Å². The number of thioether (sulfide) groups is 1. The van der Waals surface area contributed by atoms with Gasteiger partial charge < -0.3 is 19.6 Å². The second kappa shape index (κ2) is 12.6. The van der Waals surface area contributed by atoms with Crippen molar-refractivity contribution in [3.63, 3.8) is 0 Å². The molecule has 3 aliphatic rings. The Bertz CT molecular complexity index is 831. The fourth-order valence-electron chi connectivity index (χ4n) is 6.44. The first-order valence-corrected chi connectivity index (χ1v) is 14.5. The van der Waals surface area contributed by atoms with Crippen molar-refractivity contribution < 1.29 is 24.2 Å². The van der Waals surface area contributed by atoms with Crippen LogP contribution in [-0.4, -0.2) is 81.1 Å². The maximum atomic E-state index is 14.2. The summed E-state index contributed by atoms with van der Waals surface area (Å²) in [4.78, 5) is 45.1. The van der Waals surface area contributed by atoms with Crippen LogP contribution in [0.1, 0.15) is 65.7 Å². The zero-order chi connectivity index (χ0) is 26.5. The van der Waals surface area contributed by atoms with E-state index in [2.05, 4.69) is 27.0 Å². The highest BCUT2D eigenvalue weighted by Gasteiger charge is 2.77. The molecule has 36 heavy (non-hydrogen) atoms. The maximum Gasteiger partial charge on any atom is 0.310 e. The first kappa shape index (κ1) is 28.8. The number of carbonyl (C=O) groups excluding carboxylic acids is 3. The molecule has 202 valence electrons. The number of allylic oxidation sites excluding steroid dienone is 1. The van der Waals surface area contributed by atoms with Gasteiger partial charge in [0.1, 0.15) is 6.04 Å². The minimum absolute atomic E-state index is 0.0372. The Hall–Kier alpha value is -1.80. The minimum atomic E-state index is -0.709. The number of carbonyl (C=O) groups is 3. The summed E-state index contributed by atoms with van der Waals surface area (Å²) in [5.74, 6) is -1.67. The van der Waals surface area contributed by atoms with E-state index in [1.54, 1.807) is 27.6 Å². The highest BCUT2D eigenvalue weighted by atomic mass is 32.2. The molecule has 7 atom stereocenters. The van der Waals surface area contributed by atoms with Crippen molar-refractivity contribution in [3.8, 4) is 0 Å². The molecule has 2 amide bonds. The summed E-state index contributed by atoms with van der Waals surface area (Å²) >= 11 is 1.65. The van der Waals surface area contributed by atoms with Gasteiger partial charge in [-0.1, -0.05) is 39.3 Å². The number of nitrogens with zero attached hydrogens (tertiary/aromatic N) is 2. The van der Waals surface area contributed by atoms with Crippen LogP contribution in [0, 0.1) is 17.8 Å². The molecule has 3 aliphatic heterocycles. The number of hydrogen-bond acceptors (Lipinski definition) is 6. The highest BCUT2D eigenvalue weighted by molar-refractivity contribution is 8.02. The molecule has 0 saturated carbocycles. The van der Waals surface area contributed by atoms with Crippen LogP contribution in [-0.2, 0) is 19.1 Å². The van der Waals surface area contributed by atoms with E-state index >= 15 is 0 Å². The summed E-state index contributed by atoms with van der Waals surface area (Å²) in [5, 5.41) is 10.2. The summed E-state index contributed by atoms with van der Waals surface area (Å²) in [6.07, 6.45) is 9.22. The van der Waals surface area contributed by atoms with E-state index < -0.39 is 28.7 Å². The van der Waals surface area contributed by atoms with Crippen LogP contribution in [0.2, 0.25) is 0 Å². The molecule has 3 fully saturated rings. The van der Waals surface area contributed by atoms with Crippen molar-refractivity contribution in [2.45, 2.75) is 87.8 Å². The van der Waals surface area contributed by atoms with Gasteiger partial charge in [-0.25, -0.2) is 0 Å². The first-order valence-electron chi connectivity index (χ1n) is 13.6. The molecule has 2 bridgehead atoms. The van der Waals surface area contributed by atoms with Crippen LogP contribution in [0.15, 0.2) is 25.3 Å². The molecular formula is C28H44N2O5S. The number of unbranched alkanes of at least 4 members (excludes halogenated alkanes) is 3. The topological polar surface area (TPSA) is 87.2 Å². The van der Waals surface area contributed by atoms with E-state index in [1.165, 1.54) is 0 Å². The lowest BCUT2D eigenvalue weighted by molar-refractivity contribution is -0.155. The number of aliphatic hydroxyl groups is 1. The van der Waals surface area contributed by atoms with E-state index in [0.29, 0.717) is 26.1 Å². The van der Waals surface area contributed by atoms with Crippen LogP contribution >= 0.6 is 11.8 Å². The normalized spacial score (nSPS) is 31.3. The maximum absolute atomic E-state index is 14.2.